The number of benzene rings is 1. The van der Waals surface area contributed by atoms with Crippen LogP contribution in [-0.4, -0.2) is 65.6 Å². The van der Waals surface area contributed by atoms with Gasteiger partial charge in [0.25, 0.3) is 0 Å². The smallest absolute Gasteiger partial charge is 0.355 e. The normalized spacial score (nSPS) is 20.1. The fourth-order valence-electron chi connectivity index (χ4n) is 6.63. The first-order valence-corrected chi connectivity index (χ1v) is 15.3. The lowest BCUT2D eigenvalue weighted by Crippen LogP contribution is -2.58. The van der Waals surface area contributed by atoms with Crippen molar-refractivity contribution in [3.8, 4) is 22.7 Å². The first-order valence-electron chi connectivity index (χ1n) is 15.3. The number of piperazine rings is 1. The van der Waals surface area contributed by atoms with Crippen LogP contribution in [0.25, 0.3) is 28.0 Å². The first-order chi connectivity index (χ1) is 21.6. The van der Waals surface area contributed by atoms with Gasteiger partial charge >= 0.3 is 5.69 Å². The summed E-state index contributed by atoms with van der Waals surface area (Å²) in [5, 5.41) is 10.8. The first kappa shape index (κ1) is 29.0. The number of phenolic OH excluding ortho intramolecular Hbond substituents is 1. The maximum absolute atomic E-state index is 16.0. The molecule has 1 aliphatic heterocycles. The van der Waals surface area contributed by atoms with Crippen LogP contribution in [0.1, 0.15) is 68.6 Å². The molecule has 0 spiro atoms. The number of aromatic hydroxyl groups is 1. The third-order valence-corrected chi connectivity index (χ3v) is 8.88. The molecule has 1 saturated heterocycles. The summed E-state index contributed by atoms with van der Waals surface area (Å²) in [6, 6.07) is 4.35. The molecule has 1 amide bonds. The van der Waals surface area contributed by atoms with Crippen LogP contribution in [0.3, 0.4) is 0 Å². The molecule has 1 aromatic carbocycles. The highest BCUT2D eigenvalue weighted by molar-refractivity contribution is 5.91. The Morgan fingerprint density at radius 1 is 0.978 bits per heavy atom. The Labute approximate surface area is 258 Å². The number of hydrogen-bond donors (Lipinski definition) is 1. The summed E-state index contributed by atoms with van der Waals surface area (Å²) in [6.07, 6.45) is 4.91. The molecular formula is C33H33F2N7O3. The second-order valence-corrected chi connectivity index (χ2v) is 12.4. The Morgan fingerprint density at radius 3 is 2.16 bits per heavy atom. The molecule has 1 N–H and O–H groups in total. The lowest BCUT2D eigenvalue weighted by Gasteiger charge is -2.44. The third-order valence-electron chi connectivity index (χ3n) is 8.88. The predicted octanol–water partition coefficient (Wildman–Crippen LogP) is 4.90. The maximum Gasteiger partial charge on any atom is 0.355 e. The summed E-state index contributed by atoms with van der Waals surface area (Å²) in [4.78, 5) is 49.1. The molecule has 3 aliphatic rings. The van der Waals surface area contributed by atoms with Gasteiger partial charge in [0, 0.05) is 37.0 Å². The number of carbonyl (C=O) groups is 1. The van der Waals surface area contributed by atoms with Gasteiger partial charge in [0.05, 0.1) is 28.0 Å². The number of amides is 1. The van der Waals surface area contributed by atoms with Gasteiger partial charge < -0.3 is 14.9 Å². The van der Waals surface area contributed by atoms with Gasteiger partial charge in [0.15, 0.2) is 11.5 Å². The molecule has 2 aliphatic carbocycles. The standard InChI is InChI=1S/C33H33F2N7O3/c1-5-25(44)41-16(2)14-40(15-17(41)3)31-21-13-23(35)29(26-22(34)7-6-8-24(26)43)38-32(21)42(33(45)39-31)30-27(19-9-10-19)36-18(4)37-28(30)20-11-12-20/h5-8,13,16-17,19-20,43H,1,9-12,14-15H2,2-4H3/t16-,17+. The number of hydrogen-bond acceptors (Lipinski definition) is 8. The van der Waals surface area contributed by atoms with Crippen molar-refractivity contribution in [2.24, 2.45) is 0 Å². The van der Waals surface area contributed by atoms with E-state index in [1.165, 1.54) is 28.8 Å². The number of halogens is 2. The van der Waals surface area contributed by atoms with Gasteiger partial charge in [-0.25, -0.2) is 33.1 Å². The van der Waals surface area contributed by atoms with E-state index in [2.05, 4.69) is 16.5 Å². The van der Waals surface area contributed by atoms with Gasteiger partial charge in [-0.2, -0.15) is 4.98 Å². The molecule has 12 heteroatoms. The van der Waals surface area contributed by atoms with E-state index >= 15 is 8.78 Å². The highest BCUT2D eigenvalue weighted by atomic mass is 19.1. The van der Waals surface area contributed by atoms with Crippen molar-refractivity contribution in [2.75, 3.05) is 18.0 Å². The van der Waals surface area contributed by atoms with Gasteiger partial charge in [0.2, 0.25) is 5.91 Å². The number of phenols is 1. The summed E-state index contributed by atoms with van der Waals surface area (Å²) >= 11 is 0. The van der Waals surface area contributed by atoms with Crippen molar-refractivity contribution < 1.29 is 18.7 Å². The van der Waals surface area contributed by atoms with Gasteiger partial charge in [0.1, 0.15) is 28.9 Å². The monoisotopic (exact) mass is 613 g/mol. The van der Waals surface area contributed by atoms with Crippen LogP contribution in [0.4, 0.5) is 14.6 Å². The second kappa shape index (κ2) is 10.7. The summed E-state index contributed by atoms with van der Waals surface area (Å²) in [5.74, 6) is -1.35. The molecule has 2 atom stereocenters. The van der Waals surface area contributed by atoms with Crippen LogP contribution in [0.15, 0.2) is 41.7 Å². The fourth-order valence-corrected chi connectivity index (χ4v) is 6.63. The number of aromatic nitrogens is 5. The zero-order chi connectivity index (χ0) is 31.7. The van der Waals surface area contributed by atoms with Crippen molar-refractivity contribution in [2.45, 2.75) is 70.4 Å². The lowest BCUT2D eigenvalue weighted by molar-refractivity contribution is -0.130. The van der Waals surface area contributed by atoms with Gasteiger partial charge in [-0.1, -0.05) is 12.6 Å². The lowest BCUT2D eigenvalue weighted by atomic mass is 10.1. The number of nitrogens with zero attached hydrogens (tertiary/aromatic N) is 7. The zero-order valence-electron chi connectivity index (χ0n) is 25.3. The van der Waals surface area contributed by atoms with Crippen LogP contribution in [-0.2, 0) is 4.79 Å². The molecule has 3 aromatic heterocycles. The summed E-state index contributed by atoms with van der Waals surface area (Å²) in [6.45, 7) is 9.86. The van der Waals surface area contributed by atoms with Gasteiger partial charge in [-0.3, -0.25) is 4.79 Å². The largest absolute Gasteiger partial charge is 0.507 e. The average Bonchev–Trinajstić information content (AvgIpc) is 3.91. The molecule has 45 heavy (non-hydrogen) atoms. The average molecular weight is 614 g/mol. The molecule has 7 rings (SSSR count). The van der Waals surface area contributed by atoms with Crippen LogP contribution in [0.5, 0.6) is 5.75 Å². The van der Waals surface area contributed by atoms with Crippen LogP contribution in [0, 0.1) is 18.6 Å². The number of anilines is 1. The van der Waals surface area contributed by atoms with Crippen LogP contribution < -0.4 is 10.6 Å². The molecule has 4 heterocycles. The molecule has 2 saturated carbocycles. The fraction of sp³-hybridized carbons (Fsp3) is 0.394. The van der Waals surface area contributed by atoms with Gasteiger partial charge in [-0.15, -0.1) is 0 Å². The molecule has 4 aromatic rings. The third kappa shape index (κ3) is 4.92. The summed E-state index contributed by atoms with van der Waals surface area (Å²) < 4.78 is 32.5. The van der Waals surface area contributed by atoms with Crippen LogP contribution in [0.2, 0.25) is 0 Å². The Morgan fingerprint density at radius 2 is 1.60 bits per heavy atom. The molecule has 0 radical (unpaired) electrons. The van der Waals surface area contributed by atoms with E-state index in [1.54, 1.807) is 4.90 Å². The Balaban J connectivity index is 1.51. The van der Waals surface area contributed by atoms with E-state index in [9.17, 15) is 14.7 Å². The Bertz CT molecular complexity index is 1890. The van der Waals surface area contributed by atoms with Crippen molar-refractivity contribution in [1.82, 2.24) is 29.4 Å². The van der Waals surface area contributed by atoms with Crippen molar-refractivity contribution >= 4 is 22.8 Å². The Hall–Kier alpha value is -4.74. The highest BCUT2D eigenvalue weighted by Crippen LogP contribution is 2.48. The van der Waals surface area contributed by atoms with Gasteiger partial charge in [-0.05, 0) is 70.7 Å². The molecule has 0 unspecified atom stereocenters. The molecule has 10 nitrogen and oxygen atoms in total. The quantitative estimate of drug-likeness (QED) is 0.306. The number of rotatable bonds is 6. The van der Waals surface area contributed by atoms with Crippen molar-refractivity contribution in [3.63, 3.8) is 0 Å². The van der Waals surface area contributed by atoms with E-state index in [0.717, 1.165) is 43.1 Å². The summed E-state index contributed by atoms with van der Waals surface area (Å²) in [7, 11) is 0. The number of fused-ring (bicyclic) bond motifs is 1. The van der Waals surface area contributed by atoms with Crippen LogP contribution >= 0.6 is 0 Å². The van der Waals surface area contributed by atoms with E-state index in [4.69, 9.17) is 9.97 Å². The number of pyridine rings is 1. The SMILES string of the molecule is C=CC(=O)N1[C@H](C)CN(c2nc(=O)n(-c3c(C4CC4)nc(C)nc3C3CC3)c3nc(-c4c(O)cccc4F)c(F)cc23)C[C@@H]1C. The summed E-state index contributed by atoms with van der Waals surface area (Å²) in [5.41, 5.74) is 0.529. The van der Waals surface area contributed by atoms with Crippen molar-refractivity contribution in [1.29, 1.82) is 0 Å². The second-order valence-electron chi connectivity index (χ2n) is 12.4. The minimum atomic E-state index is -0.886. The predicted molar refractivity (Wildman–Crippen MR) is 165 cm³/mol. The number of aryl methyl sites for hydroxylation is 1. The van der Waals surface area contributed by atoms with E-state index in [-0.39, 0.29) is 46.7 Å². The molecule has 3 fully saturated rings. The molecular weight excluding hydrogens is 580 g/mol. The topological polar surface area (TPSA) is 117 Å². The minimum absolute atomic E-state index is 0.0604. The highest BCUT2D eigenvalue weighted by Gasteiger charge is 2.38. The molecule has 232 valence electrons. The minimum Gasteiger partial charge on any atom is -0.507 e. The Kier molecular flexibility index (Phi) is 6.90. The zero-order valence-corrected chi connectivity index (χ0v) is 25.3. The van der Waals surface area contributed by atoms with Crippen molar-refractivity contribution in [3.05, 3.63) is 76.3 Å². The number of carbonyl (C=O) groups excluding carboxylic acids is 1. The maximum atomic E-state index is 16.0. The molecule has 0 bridgehead atoms. The van der Waals surface area contributed by atoms with E-state index < -0.39 is 34.3 Å². The van der Waals surface area contributed by atoms with E-state index in [0.29, 0.717) is 24.6 Å². The van der Waals surface area contributed by atoms with E-state index in [1.807, 2.05) is 25.7 Å².